The van der Waals surface area contributed by atoms with Crippen molar-refractivity contribution in [3.05, 3.63) is 23.8 Å². The predicted octanol–water partition coefficient (Wildman–Crippen LogP) is 9.12. The van der Waals surface area contributed by atoms with Crippen LogP contribution in [0.25, 0.3) is 0 Å². The number of rotatable bonds is 4. The van der Waals surface area contributed by atoms with Gasteiger partial charge in [0.15, 0.2) is 0 Å². The number of allylic oxidation sites excluding steroid dienone is 4. The monoisotopic (exact) mass is 408 g/mol. The van der Waals surface area contributed by atoms with E-state index in [9.17, 15) is 0 Å². The highest BCUT2D eigenvalue weighted by molar-refractivity contribution is 5.25. The Morgan fingerprint density at radius 1 is 0.600 bits per heavy atom. The summed E-state index contributed by atoms with van der Waals surface area (Å²) in [5.41, 5.74) is 1.81. The summed E-state index contributed by atoms with van der Waals surface area (Å²) < 4.78 is 0. The first-order chi connectivity index (χ1) is 14.8. The summed E-state index contributed by atoms with van der Waals surface area (Å²) in [7, 11) is 0. The summed E-state index contributed by atoms with van der Waals surface area (Å²) in [6, 6.07) is 0. The molecule has 0 amide bonds. The maximum atomic E-state index is 2.51. The Labute approximate surface area is 187 Å². The minimum Gasteiger partial charge on any atom is -0.0805 e. The molecule has 30 heavy (non-hydrogen) atoms. The number of hydrogen-bond acceptors (Lipinski definition) is 0. The minimum absolute atomic E-state index is 0.903. The summed E-state index contributed by atoms with van der Waals surface area (Å²) >= 11 is 0. The average molecular weight is 409 g/mol. The lowest BCUT2D eigenvalue weighted by Crippen LogP contribution is -2.35. The highest BCUT2D eigenvalue weighted by atomic mass is 14.5. The zero-order chi connectivity index (χ0) is 20.3. The van der Waals surface area contributed by atoms with E-state index in [1.807, 2.05) is 0 Å². The van der Waals surface area contributed by atoms with E-state index in [0.29, 0.717) is 0 Å². The van der Waals surface area contributed by atoms with Gasteiger partial charge in [0.1, 0.15) is 0 Å². The lowest BCUT2D eigenvalue weighted by atomic mass is 9.61. The van der Waals surface area contributed by atoms with E-state index >= 15 is 0 Å². The van der Waals surface area contributed by atoms with Crippen LogP contribution in [0, 0.1) is 47.3 Å². The predicted molar refractivity (Wildman–Crippen MR) is 129 cm³/mol. The Balaban J connectivity index is 1.40. The quantitative estimate of drug-likeness (QED) is 0.435. The maximum Gasteiger partial charge on any atom is -0.0130 e. The molecule has 4 atom stereocenters. The second-order valence-electron chi connectivity index (χ2n) is 12.3. The highest BCUT2D eigenvalue weighted by Gasteiger charge is 2.42. The van der Waals surface area contributed by atoms with Gasteiger partial charge in [-0.3, -0.25) is 0 Å². The van der Waals surface area contributed by atoms with Crippen molar-refractivity contribution >= 4 is 0 Å². The van der Waals surface area contributed by atoms with Crippen LogP contribution in [0.5, 0.6) is 0 Å². The van der Waals surface area contributed by atoms with Gasteiger partial charge in [-0.25, -0.2) is 0 Å². The summed E-state index contributed by atoms with van der Waals surface area (Å²) in [6.45, 7) is 2.50. The Morgan fingerprint density at radius 3 is 1.80 bits per heavy atom. The number of hydrogen-bond donors (Lipinski definition) is 0. The summed E-state index contributed by atoms with van der Waals surface area (Å²) in [5.74, 6) is 8.26. The van der Waals surface area contributed by atoms with E-state index in [1.54, 1.807) is 63.4 Å². The molecule has 0 heterocycles. The van der Waals surface area contributed by atoms with Crippen molar-refractivity contribution in [2.75, 3.05) is 0 Å². The molecule has 0 aromatic rings. The van der Waals surface area contributed by atoms with Gasteiger partial charge >= 0.3 is 0 Å². The van der Waals surface area contributed by atoms with Crippen LogP contribution in [0.15, 0.2) is 23.8 Å². The van der Waals surface area contributed by atoms with E-state index in [2.05, 4.69) is 25.2 Å². The van der Waals surface area contributed by atoms with Gasteiger partial charge in [0.25, 0.3) is 0 Å². The van der Waals surface area contributed by atoms with Crippen molar-refractivity contribution in [2.45, 2.75) is 116 Å². The van der Waals surface area contributed by atoms with Crippen LogP contribution in [-0.4, -0.2) is 0 Å². The zero-order valence-electron chi connectivity index (χ0n) is 19.9. The molecule has 0 saturated heterocycles. The molecular weight excluding hydrogens is 360 g/mol. The molecule has 5 rings (SSSR count). The summed E-state index contributed by atoms with van der Waals surface area (Å²) in [5, 5.41) is 0. The summed E-state index contributed by atoms with van der Waals surface area (Å²) in [6.07, 6.45) is 33.3. The van der Waals surface area contributed by atoms with E-state index in [1.165, 1.54) is 51.4 Å². The van der Waals surface area contributed by atoms with Gasteiger partial charge in [0.05, 0.1) is 0 Å². The Hall–Kier alpha value is -0.520. The van der Waals surface area contributed by atoms with Crippen molar-refractivity contribution in [1.82, 2.24) is 0 Å². The first-order valence-electron chi connectivity index (χ1n) is 14.1. The van der Waals surface area contributed by atoms with E-state index in [0.717, 1.165) is 47.3 Å². The van der Waals surface area contributed by atoms with Crippen molar-refractivity contribution < 1.29 is 0 Å². The molecule has 4 fully saturated rings. The third kappa shape index (κ3) is 4.78. The van der Waals surface area contributed by atoms with Crippen molar-refractivity contribution in [1.29, 1.82) is 0 Å². The molecular formula is C30H48. The van der Waals surface area contributed by atoms with E-state index < -0.39 is 0 Å². The molecule has 4 unspecified atom stereocenters. The molecule has 0 nitrogen and oxygen atoms in total. The third-order valence-electron chi connectivity index (χ3n) is 10.6. The normalized spacial score (nSPS) is 41.7. The van der Waals surface area contributed by atoms with Gasteiger partial charge in [-0.2, -0.15) is 0 Å². The van der Waals surface area contributed by atoms with E-state index in [4.69, 9.17) is 0 Å². The highest BCUT2D eigenvalue weighted by Crippen LogP contribution is 2.52. The second kappa shape index (κ2) is 9.95. The fourth-order valence-corrected chi connectivity index (χ4v) is 8.82. The minimum atomic E-state index is 0.903. The molecule has 0 aliphatic heterocycles. The standard InChI is InChI=1S/C30H48/c1-22-14-16-24(17-15-22)28-19-18-27(23-8-2-3-9-23)20-29(25-10-4-5-11-25)30(21-28)26-12-6-7-13-26/h2-3,8,22,24-30H,4-7,9-21H2,1H3. The second-order valence-corrected chi connectivity index (χ2v) is 12.3. The SMILES string of the molecule is CC1CCC(C2CCC(C3=CC=CC3)CC(C3CCCC3)C(C3CCCC3)C2)CC1. The van der Waals surface area contributed by atoms with Gasteiger partial charge in [-0.05, 0) is 92.3 Å². The zero-order valence-corrected chi connectivity index (χ0v) is 19.9. The topological polar surface area (TPSA) is 0 Å². The lowest BCUT2D eigenvalue weighted by Gasteiger charge is -2.45. The van der Waals surface area contributed by atoms with Crippen LogP contribution in [0.1, 0.15) is 116 Å². The van der Waals surface area contributed by atoms with Crippen LogP contribution in [-0.2, 0) is 0 Å². The molecule has 0 radical (unpaired) electrons. The molecule has 5 aliphatic carbocycles. The Morgan fingerprint density at radius 2 is 1.20 bits per heavy atom. The lowest BCUT2D eigenvalue weighted by molar-refractivity contribution is 0.0633. The first kappa shape index (κ1) is 21.3. The first-order valence-corrected chi connectivity index (χ1v) is 14.1. The van der Waals surface area contributed by atoms with Crippen molar-refractivity contribution in [3.8, 4) is 0 Å². The molecule has 0 aromatic carbocycles. The van der Waals surface area contributed by atoms with Crippen LogP contribution in [0.4, 0.5) is 0 Å². The maximum absolute atomic E-state index is 2.51. The largest absolute Gasteiger partial charge is 0.0805 e. The average Bonchev–Trinajstić information content (AvgIpc) is 3.52. The molecule has 168 valence electrons. The van der Waals surface area contributed by atoms with E-state index in [-0.39, 0.29) is 0 Å². The molecule has 0 heteroatoms. The molecule has 0 spiro atoms. The van der Waals surface area contributed by atoms with Gasteiger partial charge in [-0.15, -0.1) is 0 Å². The Kier molecular flexibility index (Phi) is 7.08. The molecule has 5 aliphatic rings. The van der Waals surface area contributed by atoms with Crippen molar-refractivity contribution in [2.24, 2.45) is 47.3 Å². The fourth-order valence-electron chi connectivity index (χ4n) is 8.82. The molecule has 4 saturated carbocycles. The van der Waals surface area contributed by atoms with Crippen molar-refractivity contribution in [3.63, 3.8) is 0 Å². The van der Waals surface area contributed by atoms with Crippen LogP contribution < -0.4 is 0 Å². The fraction of sp³-hybridized carbons (Fsp3) is 0.867. The smallest absolute Gasteiger partial charge is 0.0130 e. The third-order valence-corrected chi connectivity index (χ3v) is 10.6. The van der Waals surface area contributed by atoms with Gasteiger partial charge < -0.3 is 0 Å². The van der Waals surface area contributed by atoms with Crippen LogP contribution in [0.2, 0.25) is 0 Å². The molecule has 0 aromatic heterocycles. The van der Waals surface area contributed by atoms with Gasteiger partial charge in [0, 0.05) is 0 Å². The van der Waals surface area contributed by atoms with Gasteiger partial charge in [0.2, 0.25) is 0 Å². The molecule has 0 N–H and O–H groups in total. The molecule has 0 bridgehead atoms. The Bertz CT molecular complexity index is 592. The summed E-state index contributed by atoms with van der Waals surface area (Å²) in [4.78, 5) is 0. The van der Waals surface area contributed by atoms with Gasteiger partial charge in [-0.1, -0.05) is 94.9 Å². The van der Waals surface area contributed by atoms with Crippen LogP contribution >= 0.6 is 0 Å². The van der Waals surface area contributed by atoms with Crippen LogP contribution in [0.3, 0.4) is 0 Å².